The normalized spacial score (nSPS) is 14.6. The van der Waals surface area contributed by atoms with Crippen molar-refractivity contribution in [3.63, 3.8) is 0 Å². The molecule has 0 saturated carbocycles. The Bertz CT molecular complexity index is 3190. The van der Waals surface area contributed by atoms with Crippen molar-refractivity contribution in [1.29, 1.82) is 0 Å². The van der Waals surface area contributed by atoms with Crippen LogP contribution < -0.4 is 0 Å². The van der Waals surface area contributed by atoms with Crippen molar-refractivity contribution >= 4 is 21.8 Å². The fourth-order valence-electron chi connectivity index (χ4n) is 11.4. The van der Waals surface area contributed by atoms with E-state index in [-0.39, 0.29) is 0 Å². The summed E-state index contributed by atoms with van der Waals surface area (Å²) in [6.07, 6.45) is 0. The molecule has 1 heteroatoms. The van der Waals surface area contributed by atoms with Gasteiger partial charge >= 0.3 is 0 Å². The second-order valence-electron chi connectivity index (χ2n) is 15.9. The van der Waals surface area contributed by atoms with E-state index >= 15 is 0 Å². The van der Waals surface area contributed by atoms with Gasteiger partial charge in [-0.05, 0) is 108 Å². The van der Waals surface area contributed by atoms with Crippen molar-refractivity contribution in [3.05, 3.63) is 257 Å². The molecule has 2 spiro atoms. The van der Waals surface area contributed by atoms with Crippen molar-refractivity contribution in [2.45, 2.75) is 10.8 Å². The van der Waals surface area contributed by atoms with Crippen molar-refractivity contribution < 1.29 is 0 Å². The minimum atomic E-state index is -0.522. The minimum Gasteiger partial charge on any atom is -0.309 e. The molecule has 13 rings (SSSR count). The lowest BCUT2D eigenvalue weighted by Gasteiger charge is -2.48. The molecule has 3 aliphatic carbocycles. The van der Waals surface area contributed by atoms with Crippen molar-refractivity contribution in [1.82, 2.24) is 4.57 Å². The Balaban J connectivity index is 1.14. The summed E-state index contributed by atoms with van der Waals surface area (Å²) in [4.78, 5) is 0. The molecule has 0 saturated heterocycles. The molecule has 9 aromatic carbocycles. The van der Waals surface area contributed by atoms with Crippen molar-refractivity contribution in [2.24, 2.45) is 0 Å². The summed E-state index contributed by atoms with van der Waals surface area (Å²) in [5, 5.41) is 2.54. The lowest BCUT2D eigenvalue weighted by atomic mass is 9.52. The second kappa shape index (κ2) is 11.2. The standard InChI is InChI=1S/C56H35N/c1-2-16-36(17-3-1)37-30-32-38(33-31-37)57-53-29-15-7-21-42(53)44-34-52-43(35-54(44)57)41-20-6-10-24-47(41)56(52)50-27-13-11-25-48(50)55(49-26-12-14-28-51(49)56)45-22-8-4-18-39(45)40-19-5-9-23-46(40)55/h1-35H. The Hall–Kier alpha value is -7.22. The maximum Gasteiger partial charge on any atom is 0.0720 e. The van der Waals surface area contributed by atoms with Gasteiger partial charge < -0.3 is 4.57 Å². The number of benzene rings is 9. The van der Waals surface area contributed by atoms with Crippen LogP contribution in [0.4, 0.5) is 0 Å². The smallest absolute Gasteiger partial charge is 0.0720 e. The van der Waals surface area contributed by atoms with Crippen LogP contribution in [0.25, 0.3) is 60.9 Å². The summed E-state index contributed by atoms with van der Waals surface area (Å²) in [6, 6.07) is 79.9. The highest BCUT2D eigenvalue weighted by molar-refractivity contribution is 6.12. The number of para-hydroxylation sites is 1. The van der Waals surface area contributed by atoms with Gasteiger partial charge in [-0.1, -0.05) is 182 Å². The Kier molecular flexibility index (Phi) is 6.09. The average molecular weight is 722 g/mol. The topological polar surface area (TPSA) is 4.93 Å². The first kappa shape index (κ1) is 31.0. The van der Waals surface area contributed by atoms with Crippen LogP contribution in [0.3, 0.4) is 0 Å². The van der Waals surface area contributed by atoms with Crippen LogP contribution in [-0.4, -0.2) is 4.57 Å². The summed E-state index contributed by atoms with van der Waals surface area (Å²) < 4.78 is 2.47. The summed E-state index contributed by atoms with van der Waals surface area (Å²) in [7, 11) is 0. The molecule has 0 radical (unpaired) electrons. The molecule has 1 heterocycles. The fraction of sp³-hybridized carbons (Fsp3) is 0.0357. The molecule has 3 aliphatic rings. The fourth-order valence-corrected chi connectivity index (χ4v) is 11.4. The Morgan fingerprint density at radius 1 is 0.263 bits per heavy atom. The van der Waals surface area contributed by atoms with E-state index in [0.717, 1.165) is 5.69 Å². The predicted octanol–water partition coefficient (Wildman–Crippen LogP) is 13.5. The molecule has 1 nitrogen and oxygen atoms in total. The molecule has 0 unspecified atom stereocenters. The molecular formula is C56H35N. The molecule has 264 valence electrons. The largest absolute Gasteiger partial charge is 0.309 e. The molecule has 0 bridgehead atoms. The highest BCUT2D eigenvalue weighted by atomic mass is 15.0. The molecular weight excluding hydrogens is 687 g/mol. The van der Waals surface area contributed by atoms with E-state index in [2.05, 4.69) is 217 Å². The lowest BCUT2D eigenvalue weighted by Crippen LogP contribution is -2.43. The van der Waals surface area contributed by atoms with Crippen molar-refractivity contribution in [2.75, 3.05) is 0 Å². The van der Waals surface area contributed by atoms with E-state index in [1.54, 1.807) is 0 Å². The zero-order valence-electron chi connectivity index (χ0n) is 31.2. The SMILES string of the molecule is c1ccc(-c2ccc(-n3c4ccccc4c4cc5c(cc43)-c3ccccc3C53c4ccccc4C4(c5ccccc5-c5ccccc54)c4ccccc43)cc2)cc1. The molecule has 0 atom stereocenters. The van der Waals surface area contributed by atoms with Crippen LogP contribution in [0, 0.1) is 0 Å². The summed E-state index contributed by atoms with van der Waals surface area (Å²) >= 11 is 0. The number of nitrogens with zero attached hydrogens (tertiary/aromatic N) is 1. The lowest BCUT2D eigenvalue weighted by molar-refractivity contribution is 0.633. The quantitative estimate of drug-likeness (QED) is 0.167. The third-order valence-electron chi connectivity index (χ3n) is 13.5. The number of hydrogen-bond acceptors (Lipinski definition) is 0. The van der Waals surface area contributed by atoms with Crippen LogP contribution in [-0.2, 0) is 10.8 Å². The van der Waals surface area contributed by atoms with E-state index in [0.29, 0.717) is 0 Å². The van der Waals surface area contributed by atoms with Gasteiger partial charge in [0.2, 0.25) is 0 Å². The van der Waals surface area contributed by atoms with Gasteiger partial charge in [0.05, 0.1) is 21.9 Å². The first-order valence-electron chi connectivity index (χ1n) is 20.0. The van der Waals surface area contributed by atoms with Gasteiger partial charge in [0, 0.05) is 16.5 Å². The maximum absolute atomic E-state index is 2.56. The maximum atomic E-state index is 2.56. The van der Waals surface area contributed by atoms with Gasteiger partial charge in [0.25, 0.3) is 0 Å². The summed E-state index contributed by atoms with van der Waals surface area (Å²) in [5.41, 5.74) is 21.2. The predicted molar refractivity (Wildman–Crippen MR) is 234 cm³/mol. The first-order chi connectivity index (χ1) is 28.3. The van der Waals surface area contributed by atoms with Gasteiger partial charge in [-0.15, -0.1) is 0 Å². The monoisotopic (exact) mass is 721 g/mol. The van der Waals surface area contributed by atoms with Gasteiger partial charge in [-0.25, -0.2) is 0 Å². The zero-order chi connectivity index (χ0) is 37.3. The van der Waals surface area contributed by atoms with Crippen LogP contribution in [0.5, 0.6) is 0 Å². The zero-order valence-corrected chi connectivity index (χ0v) is 31.2. The Morgan fingerprint density at radius 2 is 0.684 bits per heavy atom. The first-order valence-corrected chi connectivity index (χ1v) is 20.0. The number of fused-ring (bicyclic) bond motifs is 19. The molecule has 0 amide bonds. The Morgan fingerprint density at radius 3 is 1.25 bits per heavy atom. The van der Waals surface area contributed by atoms with E-state index in [4.69, 9.17) is 0 Å². The van der Waals surface area contributed by atoms with E-state index in [1.807, 2.05) is 0 Å². The van der Waals surface area contributed by atoms with E-state index in [9.17, 15) is 0 Å². The molecule has 0 N–H and O–H groups in total. The molecule has 0 aliphatic heterocycles. The minimum absolute atomic E-state index is 0.449. The number of rotatable bonds is 2. The van der Waals surface area contributed by atoms with Crippen LogP contribution in [0.2, 0.25) is 0 Å². The van der Waals surface area contributed by atoms with Crippen LogP contribution in [0.1, 0.15) is 44.5 Å². The molecule has 1 aromatic heterocycles. The van der Waals surface area contributed by atoms with Crippen molar-refractivity contribution in [3.8, 4) is 39.1 Å². The molecule has 57 heavy (non-hydrogen) atoms. The second-order valence-corrected chi connectivity index (χ2v) is 15.9. The van der Waals surface area contributed by atoms with E-state index < -0.39 is 10.8 Å². The van der Waals surface area contributed by atoms with Gasteiger partial charge in [0.15, 0.2) is 0 Å². The van der Waals surface area contributed by atoms with Crippen LogP contribution in [0.15, 0.2) is 212 Å². The van der Waals surface area contributed by atoms with Gasteiger partial charge in [-0.3, -0.25) is 0 Å². The molecule has 0 fully saturated rings. The van der Waals surface area contributed by atoms with Crippen LogP contribution >= 0.6 is 0 Å². The Labute approximate surface area is 331 Å². The summed E-state index contributed by atoms with van der Waals surface area (Å²) in [5.74, 6) is 0. The number of hydrogen-bond donors (Lipinski definition) is 0. The summed E-state index contributed by atoms with van der Waals surface area (Å²) in [6.45, 7) is 0. The molecule has 10 aromatic rings. The highest BCUT2D eigenvalue weighted by Crippen LogP contribution is 2.67. The average Bonchev–Trinajstić information content (AvgIpc) is 3.88. The van der Waals surface area contributed by atoms with Gasteiger partial charge in [0.1, 0.15) is 0 Å². The third-order valence-corrected chi connectivity index (χ3v) is 13.5. The van der Waals surface area contributed by atoms with E-state index in [1.165, 1.54) is 99.7 Å². The number of aromatic nitrogens is 1. The van der Waals surface area contributed by atoms with Gasteiger partial charge in [-0.2, -0.15) is 0 Å². The highest BCUT2D eigenvalue weighted by Gasteiger charge is 2.58. The third kappa shape index (κ3) is 3.75.